The van der Waals surface area contributed by atoms with Crippen molar-refractivity contribution in [3.05, 3.63) is 18.0 Å². The van der Waals surface area contributed by atoms with E-state index in [1.165, 1.54) is 5.69 Å². The highest BCUT2D eigenvalue weighted by molar-refractivity contribution is 7.80. The third-order valence-electron chi connectivity index (χ3n) is 4.34. The lowest BCUT2D eigenvalue weighted by Gasteiger charge is -2.39. The van der Waals surface area contributed by atoms with Gasteiger partial charge >= 0.3 is 0 Å². The first-order valence-electron chi connectivity index (χ1n) is 7.84. The molecule has 1 aliphatic heterocycles. The Morgan fingerprint density at radius 2 is 2.10 bits per heavy atom. The topological polar surface area (TPSA) is 50.3 Å². The SMILES string of the molecule is CCCC(C(N)=S)N1CCN(CCc2ccnn2C)CC1. The van der Waals surface area contributed by atoms with Crippen molar-refractivity contribution in [1.29, 1.82) is 0 Å². The lowest BCUT2D eigenvalue weighted by molar-refractivity contribution is 0.115. The van der Waals surface area contributed by atoms with Gasteiger partial charge in [-0.3, -0.25) is 9.58 Å². The van der Waals surface area contributed by atoms with Crippen molar-refractivity contribution >= 4 is 17.2 Å². The summed E-state index contributed by atoms with van der Waals surface area (Å²) < 4.78 is 1.96. The Labute approximate surface area is 133 Å². The lowest BCUT2D eigenvalue weighted by atomic mass is 10.1. The van der Waals surface area contributed by atoms with E-state index < -0.39 is 0 Å². The van der Waals surface area contributed by atoms with E-state index in [2.05, 4.69) is 27.9 Å². The number of piperazine rings is 1. The minimum absolute atomic E-state index is 0.282. The van der Waals surface area contributed by atoms with Crippen LogP contribution in [-0.4, -0.2) is 63.3 Å². The molecule has 5 nitrogen and oxygen atoms in total. The molecule has 1 aromatic heterocycles. The maximum absolute atomic E-state index is 5.89. The van der Waals surface area contributed by atoms with Gasteiger partial charge in [-0.15, -0.1) is 0 Å². The molecule has 1 aromatic rings. The van der Waals surface area contributed by atoms with Crippen LogP contribution in [0.15, 0.2) is 12.3 Å². The second-order valence-electron chi connectivity index (χ2n) is 5.78. The fraction of sp³-hybridized carbons (Fsp3) is 0.733. The lowest BCUT2D eigenvalue weighted by Crippen LogP contribution is -2.53. The third-order valence-corrected chi connectivity index (χ3v) is 4.62. The molecule has 1 saturated heterocycles. The van der Waals surface area contributed by atoms with E-state index in [1.54, 1.807) is 0 Å². The fourth-order valence-electron chi connectivity index (χ4n) is 3.00. The molecule has 0 radical (unpaired) electrons. The van der Waals surface area contributed by atoms with Crippen LogP contribution in [0.2, 0.25) is 0 Å². The normalized spacial score (nSPS) is 18.8. The van der Waals surface area contributed by atoms with Crippen LogP contribution in [0, 0.1) is 0 Å². The molecule has 0 saturated carbocycles. The second kappa shape index (κ2) is 7.87. The van der Waals surface area contributed by atoms with E-state index in [-0.39, 0.29) is 6.04 Å². The minimum Gasteiger partial charge on any atom is -0.392 e. The van der Waals surface area contributed by atoms with Gasteiger partial charge in [0.25, 0.3) is 0 Å². The molecule has 0 aliphatic carbocycles. The number of hydrogen-bond donors (Lipinski definition) is 1. The Bertz CT molecular complexity index is 451. The van der Waals surface area contributed by atoms with Crippen molar-refractivity contribution in [2.45, 2.75) is 32.2 Å². The Kier molecular flexibility index (Phi) is 6.14. The minimum atomic E-state index is 0.282. The van der Waals surface area contributed by atoms with Gasteiger partial charge in [-0.25, -0.2) is 0 Å². The van der Waals surface area contributed by atoms with Gasteiger partial charge in [0.05, 0.1) is 11.0 Å². The van der Waals surface area contributed by atoms with Crippen molar-refractivity contribution in [3.8, 4) is 0 Å². The summed E-state index contributed by atoms with van der Waals surface area (Å²) in [6.07, 6.45) is 5.13. The molecule has 1 unspecified atom stereocenters. The van der Waals surface area contributed by atoms with Gasteiger partial charge in [-0.2, -0.15) is 5.10 Å². The van der Waals surface area contributed by atoms with Crippen LogP contribution < -0.4 is 5.73 Å². The predicted octanol–water partition coefficient (Wildman–Crippen LogP) is 1.03. The molecule has 0 spiro atoms. The van der Waals surface area contributed by atoms with Gasteiger partial charge in [-0.05, 0) is 12.5 Å². The van der Waals surface area contributed by atoms with Crippen LogP contribution in [0.1, 0.15) is 25.5 Å². The molecular weight excluding hydrogens is 282 g/mol. The molecular formula is C15H27N5S. The molecule has 0 aromatic carbocycles. The number of thiocarbonyl (C=S) groups is 1. The molecule has 1 atom stereocenters. The zero-order valence-corrected chi connectivity index (χ0v) is 14.0. The molecule has 118 valence electrons. The van der Waals surface area contributed by atoms with Gasteiger partial charge in [0, 0.05) is 58.1 Å². The van der Waals surface area contributed by atoms with Crippen LogP contribution in [0.25, 0.3) is 0 Å². The smallest absolute Gasteiger partial charge is 0.0902 e. The standard InChI is InChI=1S/C15H27N5S/c1-3-4-14(15(16)21)20-11-9-19(10-12-20)8-6-13-5-7-17-18(13)2/h5,7,14H,3-4,6,8-12H2,1-2H3,(H2,16,21). The number of aryl methyl sites for hydroxylation is 1. The number of nitrogens with zero attached hydrogens (tertiary/aromatic N) is 4. The predicted molar refractivity (Wildman–Crippen MR) is 90.4 cm³/mol. The van der Waals surface area contributed by atoms with E-state index in [1.807, 2.05) is 17.9 Å². The van der Waals surface area contributed by atoms with E-state index in [0.717, 1.165) is 52.0 Å². The van der Waals surface area contributed by atoms with E-state index >= 15 is 0 Å². The Hall–Kier alpha value is -0.980. The van der Waals surface area contributed by atoms with Crippen LogP contribution in [0.4, 0.5) is 0 Å². The van der Waals surface area contributed by atoms with Crippen molar-refractivity contribution in [2.75, 3.05) is 32.7 Å². The van der Waals surface area contributed by atoms with Crippen molar-refractivity contribution in [3.63, 3.8) is 0 Å². The third kappa shape index (κ3) is 4.49. The average Bonchev–Trinajstić information content (AvgIpc) is 2.88. The summed E-state index contributed by atoms with van der Waals surface area (Å²) in [5.41, 5.74) is 7.19. The maximum Gasteiger partial charge on any atom is 0.0902 e. The molecule has 1 aliphatic rings. The van der Waals surface area contributed by atoms with E-state index in [0.29, 0.717) is 4.99 Å². The van der Waals surface area contributed by atoms with Gasteiger partial charge in [0.2, 0.25) is 0 Å². The number of rotatable bonds is 7. The van der Waals surface area contributed by atoms with Gasteiger partial charge in [-0.1, -0.05) is 25.6 Å². The Balaban J connectivity index is 1.77. The summed E-state index contributed by atoms with van der Waals surface area (Å²) in [6.45, 7) is 7.61. The highest BCUT2D eigenvalue weighted by Gasteiger charge is 2.24. The molecule has 0 amide bonds. The Morgan fingerprint density at radius 3 is 2.62 bits per heavy atom. The molecule has 0 bridgehead atoms. The zero-order valence-electron chi connectivity index (χ0n) is 13.2. The largest absolute Gasteiger partial charge is 0.392 e. The molecule has 6 heteroatoms. The van der Waals surface area contributed by atoms with Gasteiger partial charge in [0.15, 0.2) is 0 Å². The zero-order chi connectivity index (χ0) is 15.2. The number of aromatic nitrogens is 2. The van der Waals surface area contributed by atoms with Crippen molar-refractivity contribution in [2.24, 2.45) is 12.8 Å². The summed E-state index contributed by atoms with van der Waals surface area (Å²) in [4.78, 5) is 5.62. The van der Waals surface area contributed by atoms with Gasteiger partial charge < -0.3 is 10.6 Å². The highest BCUT2D eigenvalue weighted by atomic mass is 32.1. The summed E-state index contributed by atoms with van der Waals surface area (Å²) in [5, 5.41) is 4.22. The van der Waals surface area contributed by atoms with Crippen LogP contribution in [0.3, 0.4) is 0 Å². The quantitative estimate of drug-likeness (QED) is 0.763. The van der Waals surface area contributed by atoms with E-state index in [4.69, 9.17) is 18.0 Å². The van der Waals surface area contributed by atoms with Crippen LogP contribution in [-0.2, 0) is 13.5 Å². The number of nitrogens with two attached hydrogens (primary N) is 1. The average molecular weight is 309 g/mol. The van der Waals surface area contributed by atoms with E-state index in [9.17, 15) is 0 Å². The highest BCUT2D eigenvalue weighted by Crippen LogP contribution is 2.12. The number of hydrogen-bond acceptors (Lipinski definition) is 4. The van der Waals surface area contributed by atoms with Crippen LogP contribution >= 0.6 is 12.2 Å². The van der Waals surface area contributed by atoms with Crippen molar-refractivity contribution < 1.29 is 0 Å². The first-order valence-corrected chi connectivity index (χ1v) is 8.25. The fourth-order valence-corrected chi connectivity index (χ4v) is 3.26. The Morgan fingerprint density at radius 1 is 1.38 bits per heavy atom. The summed E-state index contributed by atoms with van der Waals surface area (Å²) in [6, 6.07) is 2.38. The summed E-state index contributed by atoms with van der Waals surface area (Å²) >= 11 is 5.23. The summed E-state index contributed by atoms with van der Waals surface area (Å²) in [7, 11) is 2.00. The van der Waals surface area contributed by atoms with Crippen molar-refractivity contribution in [1.82, 2.24) is 19.6 Å². The van der Waals surface area contributed by atoms with Crippen LogP contribution in [0.5, 0.6) is 0 Å². The molecule has 1 fully saturated rings. The first kappa shape index (κ1) is 16.4. The summed E-state index contributed by atoms with van der Waals surface area (Å²) in [5.74, 6) is 0. The molecule has 2 N–H and O–H groups in total. The van der Waals surface area contributed by atoms with Gasteiger partial charge in [0.1, 0.15) is 0 Å². The maximum atomic E-state index is 5.89. The second-order valence-corrected chi connectivity index (χ2v) is 6.25. The molecule has 21 heavy (non-hydrogen) atoms. The molecule has 2 heterocycles. The monoisotopic (exact) mass is 309 g/mol. The molecule has 2 rings (SSSR count). The first-order chi connectivity index (χ1) is 10.1.